The van der Waals surface area contributed by atoms with Crippen molar-refractivity contribution in [2.45, 2.75) is 0 Å². The van der Waals surface area contributed by atoms with Crippen molar-refractivity contribution in [1.82, 2.24) is 4.98 Å². The number of allylic oxidation sites excluding steroid dienone is 1. The zero-order valence-electron chi connectivity index (χ0n) is 14.7. The first-order chi connectivity index (χ1) is 13.3. The molecule has 4 heteroatoms. The maximum Gasteiger partial charge on any atom is 0.123 e. The van der Waals surface area contributed by atoms with Crippen LogP contribution in [0, 0.1) is 5.82 Å². The highest BCUT2D eigenvalue weighted by Gasteiger charge is 2.22. The molecule has 27 heavy (non-hydrogen) atoms. The van der Waals surface area contributed by atoms with Gasteiger partial charge in [0.05, 0.1) is 18.8 Å². The second-order valence-electron chi connectivity index (χ2n) is 6.27. The van der Waals surface area contributed by atoms with E-state index < -0.39 is 0 Å². The highest BCUT2D eigenvalue weighted by Crippen LogP contribution is 2.29. The van der Waals surface area contributed by atoms with Crippen LogP contribution in [0.15, 0.2) is 94.7 Å². The minimum absolute atomic E-state index is 0.250. The average molecular weight is 355 g/mol. The molecule has 0 aliphatic carbocycles. The molecule has 3 nitrogen and oxygen atoms in total. The zero-order chi connectivity index (χ0) is 18.5. The monoisotopic (exact) mass is 355 g/mol. The Morgan fingerprint density at radius 2 is 1.63 bits per heavy atom. The maximum absolute atomic E-state index is 13.3. The Morgan fingerprint density at radius 3 is 2.37 bits per heavy atom. The number of rotatable bonds is 5. The van der Waals surface area contributed by atoms with E-state index >= 15 is 0 Å². The van der Waals surface area contributed by atoms with E-state index in [1.54, 1.807) is 24.5 Å². The molecule has 0 spiro atoms. The first-order valence-corrected chi connectivity index (χ1v) is 8.79. The molecular weight excluding hydrogens is 337 g/mol. The van der Waals surface area contributed by atoms with Gasteiger partial charge >= 0.3 is 0 Å². The summed E-state index contributed by atoms with van der Waals surface area (Å²) < 4.78 is 13.3. The van der Waals surface area contributed by atoms with Crippen LogP contribution in [-0.2, 0) is 0 Å². The average Bonchev–Trinajstić information content (AvgIpc) is 3.14. The second kappa shape index (κ2) is 7.87. The topological polar surface area (TPSA) is 37.6 Å². The summed E-state index contributed by atoms with van der Waals surface area (Å²) in [6.07, 6.45) is 5.43. The van der Waals surface area contributed by atoms with E-state index in [1.807, 2.05) is 48.7 Å². The lowest BCUT2D eigenvalue weighted by molar-refractivity contribution is 0.628. The molecule has 0 unspecified atom stereocenters. The van der Waals surface area contributed by atoms with Gasteiger partial charge in [0.15, 0.2) is 0 Å². The van der Waals surface area contributed by atoms with Crippen molar-refractivity contribution in [2.24, 2.45) is 9.98 Å². The minimum atomic E-state index is -0.250. The minimum Gasteiger partial charge on any atom is -0.288 e. The van der Waals surface area contributed by atoms with E-state index in [0.29, 0.717) is 13.1 Å². The van der Waals surface area contributed by atoms with Crippen LogP contribution in [0.1, 0.15) is 16.7 Å². The van der Waals surface area contributed by atoms with Gasteiger partial charge < -0.3 is 0 Å². The summed E-state index contributed by atoms with van der Waals surface area (Å²) >= 11 is 0. The van der Waals surface area contributed by atoms with Crippen LogP contribution in [0.4, 0.5) is 4.39 Å². The fourth-order valence-corrected chi connectivity index (χ4v) is 3.13. The molecule has 0 radical (unpaired) electrons. The Bertz CT molecular complexity index is 1000. The largest absolute Gasteiger partial charge is 0.288 e. The lowest BCUT2D eigenvalue weighted by Gasteiger charge is -2.10. The Labute approximate surface area is 157 Å². The summed E-state index contributed by atoms with van der Waals surface area (Å²) in [4.78, 5) is 13.4. The Kier molecular flexibility index (Phi) is 4.97. The molecule has 0 N–H and O–H groups in total. The maximum atomic E-state index is 13.3. The Morgan fingerprint density at radius 1 is 0.889 bits per heavy atom. The summed E-state index contributed by atoms with van der Waals surface area (Å²) in [7, 11) is 0. The number of halogens is 1. The molecule has 132 valence electrons. The molecule has 1 aliphatic rings. The van der Waals surface area contributed by atoms with Gasteiger partial charge in [-0.05, 0) is 53.1 Å². The van der Waals surface area contributed by atoms with Gasteiger partial charge in [0.1, 0.15) is 5.82 Å². The quantitative estimate of drug-likeness (QED) is 0.617. The van der Waals surface area contributed by atoms with Crippen LogP contribution in [0.2, 0.25) is 0 Å². The summed E-state index contributed by atoms with van der Waals surface area (Å²) in [5, 5.41) is 0. The van der Waals surface area contributed by atoms with E-state index in [4.69, 9.17) is 4.99 Å². The van der Waals surface area contributed by atoms with Crippen molar-refractivity contribution in [3.8, 4) is 0 Å². The second-order valence-corrected chi connectivity index (χ2v) is 6.27. The lowest BCUT2D eigenvalue weighted by Crippen LogP contribution is -2.04. The summed E-state index contributed by atoms with van der Waals surface area (Å²) in [5.74, 6) is -0.250. The first-order valence-electron chi connectivity index (χ1n) is 8.79. The number of nitrogens with zero attached hydrogens (tertiary/aromatic N) is 3. The number of hydrogen-bond donors (Lipinski definition) is 0. The van der Waals surface area contributed by atoms with Crippen molar-refractivity contribution in [1.29, 1.82) is 0 Å². The highest BCUT2D eigenvalue weighted by atomic mass is 19.1. The standard InChI is InChI=1S/C23H18FN3/c24-21-8-6-19(7-9-21)23-22(18-10-12-25-13-11-18)20(16-27-23)15-26-14-17-4-2-1-3-5-17/h1-14H,15-16H2. The first kappa shape index (κ1) is 17.0. The van der Waals surface area contributed by atoms with Gasteiger partial charge in [-0.1, -0.05) is 30.3 Å². The molecule has 0 atom stereocenters. The van der Waals surface area contributed by atoms with Crippen LogP contribution < -0.4 is 0 Å². The number of benzene rings is 2. The van der Waals surface area contributed by atoms with E-state index in [9.17, 15) is 4.39 Å². The molecular formula is C23H18FN3. The van der Waals surface area contributed by atoms with Crippen molar-refractivity contribution in [3.63, 3.8) is 0 Å². The van der Waals surface area contributed by atoms with Crippen molar-refractivity contribution < 1.29 is 4.39 Å². The molecule has 3 aromatic rings. The van der Waals surface area contributed by atoms with Crippen LogP contribution in [0.5, 0.6) is 0 Å². The highest BCUT2D eigenvalue weighted by molar-refractivity contribution is 6.33. The summed E-state index contributed by atoms with van der Waals surface area (Å²) in [5.41, 5.74) is 6.12. The Balaban J connectivity index is 1.67. The van der Waals surface area contributed by atoms with Gasteiger partial charge in [0.25, 0.3) is 0 Å². The normalized spacial score (nSPS) is 14.0. The molecule has 4 rings (SSSR count). The number of pyridine rings is 1. The third-order valence-corrected chi connectivity index (χ3v) is 4.43. The zero-order valence-corrected chi connectivity index (χ0v) is 14.7. The van der Waals surface area contributed by atoms with Gasteiger partial charge in [0, 0.05) is 29.7 Å². The van der Waals surface area contributed by atoms with Crippen LogP contribution in [0.25, 0.3) is 5.57 Å². The summed E-state index contributed by atoms with van der Waals surface area (Å²) in [6, 6.07) is 20.4. The molecule has 1 aromatic heterocycles. The predicted octanol–water partition coefficient (Wildman–Crippen LogP) is 4.60. The van der Waals surface area contributed by atoms with Crippen molar-refractivity contribution in [3.05, 3.63) is 107 Å². The molecule has 0 saturated heterocycles. The predicted molar refractivity (Wildman–Crippen MR) is 108 cm³/mol. The van der Waals surface area contributed by atoms with E-state index in [1.165, 1.54) is 12.1 Å². The fourth-order valence-electron chi connectivity index (χ4n) is 3.13. The fraction of sp³-hybridized carbons (Fsp3) is 0.0870. The smallest absolute Gasteiger partial charge is 0.123 e. The molecule has 2 aromatic carbocycles. The van der Waals surface area contributed by atoms with Gasteiger partial charge in [0.2, 0.25) is 0 Å². The number of aliphatic imine (C=N–C) groups is 2. The van der Waals surface area contributed by atoms with Crippen LogP contribution in [-0.4, -0.2) is 30.0 Å². The van der Waals surface area contributed by atoms with Crippen LogP contribution >= 0.6 is 0 Å². The third kappa shape index (κ3) is 3.90. The molecule has 0 amide bonds. The van der Waals surface area contributed by atoms with Crippen molar-refractivity contribution in [2.75, 3.05) is 13.1 Å². The van der Waals surface area contributed by atoms with E-state index in [2.05, 4.69) is 9.98 Å². The molecule has 2 heterocycles. The lowest BCUT2D eigenvalue weighted by atomic mass is 9.94. The van der Waals surface area contributed by atoms with E-state index in [0.717, 1.165) is 33.5 Å². The molecule has 0 saturated carbocycles. The Hall–Kier alpha value is -3.40. The molecule has 1 aliphatic heterocycles. The van der Waals surface area contributed by atoms with Crippen LogP contribution in [0.3, 0.4) is 0 Å². The van der Waals surface area contributed by atoms with E-state index in [-0.39, 0.29) is 5.82 Å². The SMILES string of the molecule is Fc1ccc(C2=NCC(CN=Cc3ccccc3)=C2c2ccncc2)cc1. The number of hydrogen-bond acceptors (Lipinski definition) is 3. The molecule has 0 bridgehead atoms. The third-order valence-electron chi connectivity index (χ3n) is 4.43. The molecule has 0 fully saturated rings. The summed E-state index contributed by atoms with van der Waals surface area (Å²) in [6.45, 7) is 1.16. The van der Waals surface area contributed by atoms with Gasteiger partial charge in [-0.2, -0.15) is 0 Å². The number of aromatic nitrogens is 1. The van der Waals surface area contributed by atoms with Crippen molar-refractivity contribution >= 4 is 17.5 Å². The van der Waals surface area contributed by atoms with Gasteiger partial charge in [-0.3, -0.25) is 15.0 Å². The van der Waals surface area contributed by atoms with Gasteiger partial charge in [-0.15, -0.1) is 0 Å². The van der Waals surface area contributed by atoms with Gasteiger partial charge in [-0.25, -0.2) is 4.39 Å².